The van der Waals surface area contributed by atoms with Gasteiger partial charge in [0.15, 0.2) is 0 Å². The molecule has 2 aliphatic carbocycles. The van der Waals surface area contributed by atoms with E-state index in [0.29, 0.717) is 74.6 Å². The molecule has 4 unspecified atom stereocenters. The summed E-state index contributed by atoms with van der Waals surface area (Å²) in [6.45, 7) is 68.9. The molecule has 0 radical (unpaired) electrons. The van der Waals surface area contributed by atoms with Crippen LogP contribution in [-0.2, 0) is 49.4 Å². The molecule has 0 aliphatic heterocycles. The first-order valence-electron chi connectivity index (χ1n) is 37.4. The summed E-state index contributed by atoms with van der Waals surface area (Å²) in [5.41, 5.74) is 20.4. The molecule has 24 nitrogen and oxygen atoms in total. The maximum Gasteiger partial charge on any atom is 0.433 e. The van der Waals surface area contributed by atoms with Crippen molar-refractivity contribution in [3.63, 3.8) is 0 Å². The predicted molar refractivity (Wildman–Crippen MR) is 448 cm³/mol. The van der Waals surface area contributed by atoms with Crippen LogP contribution in [-0.4, -0.2) is 140 Å². The lowest BCUT2D eigenvalue weighted by molar-refractivity contribution is -0.151. The quantitative estimate of drug-likeness (QED) is 0.0116. The molecule has 0 aromatic heterocycles. The van der Waals surface area contributed by atoms with Crippen molar-refractivity contribution in [2.24, 2.45) is 39.8 Å². The lowest BCUT2D eigenvalue weighted by atomic mass is 9.86. The molecule has 0 saturated heterocycles. The molecule has 1 aromatic rings. The average molecular weight is 1530 g/mol. The minimum absolute atomic E-state index is 0.242. The van der Waals surface area contributed by atoms with E-state index >= 15 is 0 Å². The van der Waals surface area contributed by atoms with E-state index in [4.69, 9.17) is 61.5 Å². The lowest BCUT2D eigenvalue weighted by Crippen LogP contribution is -2.41. The molecule has 24 heteroatoms. The first-order chi connectivity index (χ1) is 50.0. The van der Waals surface area contributed by atoms with Crippen molar-refractivity contribution >= 4 is 54.8 Å². The molecule has 622 valence electrons. The first kappa shape index (κ1) is 113. The van der Waals surface area contributed by atoms with Crippen molar-refractivity contribution in [3.8, 4) is 0 Å². The number of alkyl carbamates (subject to hydrolysis) is 4. The zero-order valence-electron chi connectivity index (χ0n) is 70.7. The van der Waals surface area contributed by atoms with Gasteiger partial charge in [-0.1, -0.05) is 92.8 Å². The van der Waals surface area contributed by atoms with Gasteiger partial charge in [0.25, 0.3) is 0 Å². The highest BCUT2D eigenvalue weighted by Crippen LogP contribution is 2.26. The maximum atomic E-state index is 11.7. The van der Waals surface area contributed by atoms with E-state index < -0.39 is 51.9 Å². The van der Waals surface area contributed by atoms with Crippen LogP contribution in [0.1, 0.15) is 247 Å². The molecule has 0 heterocycles. The monoisotopic (exact) mass is 1530 g/mol. The van der Waals surface area contributed by atoms with Crippen LogP contribution in [0.4, 0.5) is 24.0 Å². The minimum atomic E-state index is -0.532. The minimum Gasteiger partial charge on any atom is -0.457 e. The molecular formula is C84H152N10O14. The summed E-state index contributed by atoms with van der Waals surface area (Å²) in [4.78, 5) is 82.1. The number of nitrogens with two attached hydrogens (primary N) is 4. The number of hydrogen-bond acceptors (Lipinski definition) is 19. The van der Waals surface area contributed by atoms with Gasteiger partial charge in [0.1, 0.15) is 40.2 Å². The van der Waals surface area contributed by atoms with Gasteiger partial charge in [-0.15, -0.1) is 39.5 Å². The zero-order valence-corrected chi connectivity index (χ0v) is 70.7. The largest absolute Gasteiger partial charge is 0.457 e. The maximum absolute atomic E-state index is 11.7. The van der Waals surface area contributed by atoms with Crippen LogP contribution in [0.2, 0.25) is 0 Å². The van der Waals surface area contributed by atoms with Crippen molar-refractivity contribution in [2.75, 3.05) is 39.3 Å². The number of carbonyl (C=O) groups is 7. The number of allylic oxidation sites excluding steroid dienone is 2. The number of hydrogen-bond donors (Lipinski definition) is 9. The van der Waals surface area contributed by atoms with Crippen LogP contribution in [0, 0.1) is 17.2 Å². The molecule has 2 saturated carbocycles. The van der Waals surface area contributed by atoms with E-state index in [2.05, 4.69) is 78.9 Å². The number of carbonyl (C=O) groups excluding carboxylic acids is 7. The standard InChI is InChI=1S/C19H27NO4.C13H23NO2.C11H21NO2.C9H17NO2.C8H15NO2.C8H15N.C7H13NO2.C4H9N.C3H7N.C2H5N/c1-15(17(21)24-19(2,3)4)10-8-9-13-20-18(22)23-14-16-11-6-5-7-12-16;1-5-10-7-6-8-11(9-10)14-12(15)16-13(2,3)4;1-9(7-5-6-8-12)10(13)14-11(2,3)4;1-5-6-7-10-8(11)12-9(2,3)4;1-5-6-9-7(10)11-8(2,3)4;1-2-7-4-3-5-8(9)6-7;1-5-8-6(9)10-7(2,3)4;1-2-3-4-5;1-2-3-4;1-2-3/h5-7,11-12H,1,8-10,13-14H2,2-4H3,(H,20,22);5,10-11H,1,6-9H2,2-4H3,(H,14,15);1,5-8,12H2,2-4H3;5H,1,6-7H2,2-4H3,(H,10,11);5H,1,6H2,2-4H3,(H,9,10);2,7-8H,1,3-6,9H2;5H,1-4H3;2H,1,3-5H2;2H,1,3-4H2;2-3H,1H3. The van der Waals surface area contributed by atoms with Gasteiger partial charge in [-0.2, -0.15) is 4.99 Å². The summed E-state index contributed by atoms with van der Waals surface area (Å²) in [5, 5.41) is 16.8. The highest BCUT2D eigenvalue weighted by atomic mass is 16.6. The third-order valence-corrected chi connectivity index (χ3v) is 12.5. The number of esters is 2. The Bertz CT molecular complexity index is 2680. The van der Waals surface area contributed by atoms with Crippen molar-refractivity contribution < 1.29 is 66.7 Å². The number of unbranched alkanes of at least 4 members (excludes halogenated alkanes) is 2. The summed E-state index contributed by atoms with van der Waals surface area (Å²) in [6, 6.07) is 10.2. The number of rotatable bonds is 24. The van der Waals surface area contributed by atoms with Gasteiger partial charge in [0.05, 0.1) is 0 Å². The fourth-order valence-corrected chi connectivity index (χ4v) is 7.91. The van der Waals surface area contributed by atoms with Gasteiger partial charge < -0.3 is 82.8 Å². The highest BCUT2D eigenvalue weighted by molar-refractivity contribution is 5.88. The fraction of sp³-hybridized carbons (Fsp3) is 0.631. The molecule has 4 atom stereocenters. The van der Waals surface area contributed by atoms with Gasteiger partial charge in [-0.3, -0.25) is 0 Å². The Morgan fingerprint density at radius 1 is 0.509 bits per heavy atom. The van der Waals surface area contributed by atoms with Gasteiger partial charge in [-0.05, 0) is 265 Å². The number of aliphatic imine (C=N–C) groups is 1. The molecule has 108 heavy (non-hydrogen) atoms. The van der Waals surface area contributed by atoms with Crippen molar-refractivity contribution in [1.82, 2.24) is 21.3 Å². The number of benzene rings is 1. The second-order valence-corrected chi connectivity index (χ2v) is 30.6. The molecule has 0 spiro atoms. The first-order valence-corrected chi connectivity index (χ1v) is 37.4. The average Bonchev–Trinajstić information content (AvgIpc) is 0.885. The second-order valence-electron chi connectivity index (χ2n) is 30.6. The molecule has 13 N–H and O–H groups in total. The summed E-state index contributed by atoms with van der Waals surface area (Å²) in [5.74, 6) is 0.578. The Morgan fingerprint density at radius 3 is 1.30 bits per heavy atom. The summed E-state index contributed by atoms with van der Waals surface area (Å²) >= 11 is 0. The predicted octanol–water partition coefficient (Wildman–Crippen LogP) is 18.0. The third kappa shape index (κ3) is 93.9. The smallest absolute Gasteiger partial charge is 0.433 e. The Balaban J connectivity index is -0.000000219. The van der Waals surface area contributed by atoms with E-state index in [1.165, 1.54) is 38.1 Å². The van der Waals surface area contributed by atoms with E-state index in [-0.39, 0.29) is 36.8 Å². The van der Waals surface area contributed by atoms with Crippen LogP contribution in [0.5, 0.6) is 0 Å². The number of ether oxygens (including phenoxy) is 7. The van der Waals surface area contributed by atoms with Crippen LogP contribution < -0.4 is 44.2 Å². The third-order valence-electron chi connectivity index (χ3n) is 12.5. The summed E-state index contributed by atoms with van der Waals surface area (Å²) in [7, 11) is 0. The normalized spacial score (nSPS) is 14.7. The Morgan fingerprint density at radius 2 is 0.926 bits per heavy atom. The van der Waals surface area contributed by atoms with E-state index in [1.807, 2.05) is 146 Å². The van der Waals surface area contributed by atoms with Gasteiger partial charge in [0.2, 0.25) is 0 Å². The lowest BCUT2D eigenvalue weighted by Gasteiger charge is -2.29. The molecule has 1 aromatic carbocycles. The fourth-order valence-electron chi connectivity index (χ4n) is 7.91. The van der Waals surface area contributed by atoms with Crippen LogP contribution in [0.15, 0.2) is 136 Å². The number of amides is 5. The second kappa shape index (κ2) is 68.1. The van der Waals surface area contributed by atoms with Crippen LogP contribution in [0.25, 0.3) is 0 Å². The van der Waals surface area contributed by atoms with Gasteiger partial charge in [0, 0.05) is 55.6 Å². The summed E-state index contributed by atoms with van der Waals surface area (Å²) in [6.07, 6.45) is 27.0. The zero-order chi connectivity index (χ0) is 85.0. The molecule has 3 rings (SSSR count). The SMILES string of the molecule is C=C(CCCCN)C(=O)OC(C)(C)C.C=C(CCCCNC(=O)OCc1ccccc1)C(=O)OC(C)(C)C.C=CC1CCCC(N)C1.C=CC1CCCC(NC(=O)OC(C)(C)C)C1.C=CCCN.C=CCCNC(=O)OC(C)(C)C.C=CCN.C=CCNC(=O)OC(C)(C)C.CC=N.CC=NC(=O)OC(C)(C)C. The van der Waals surface area contributed by atoms with E-state index in [9.17, 15) is 33.6 Å². The van der Waals surface area contributed by atoms with Crippen molar-refractivity contribution in [3.05, 3.63) is 136 Å². The van der Waals surface area contributed by atoms with Crippen molar-refractivity contribution in [2.45, 2.75) is 294 Å². The molecule has 2 fully saturated rings. The molecule has 2 aliphatic rings. The summed E-state index contributed by atoms with van der Waals surface area (Å²) < 4.78 is 35.5. The highest BCUT2D eigenvalue weighted by Gasteiger charge is 2.25. The van der Waals surface area contributed by atoms with E-state index in [0.717, 1.165) is 76.3 Å². The molecule has 5 amide bonds. The molecule has 0 bridgehead atoms. The van der Waals surface area contributed by atoms with Crippen LogP contribution >= 0.6 is 0 Å². The topological polar surface area (TPSA) is 373 Å². The Hall–Kier alpha value is -8.19. The Kier molecular flexibility index (Phi) is 71.3. The number of nitrogens with zero attached hydrogens (tertiary/aromatic N) is 1. The van der Waals surface area contributed by atoms with Gasteiger partial charge in [-0.25, -0.2) is 33.6 Å². The molecular weight excluding hydrogens is 1370 g/mol. The Labute approximate surface area is 653 Å². The van der Waals surface area contributed by atoms with Gasteiger partial charge >= 0.3 is 42.4 Å². The van der Waals surface area contributed by atoms with Crippen molar-refractivity contribution in [1.29, 1.82) is 5.41 Å². The van der Waals surface area contributed by atoms with E-state index in [1.54, 1.807) is 58.9 Å². The number of nitrogens with one attached hydrogen (secondary N) is 5. The van der Waals surface area contributed by atoms with Crippen LogP contribution in [0.3, 0.4) is 0 Å².